The van der Waals surface area contributed by atoms with Crippen molar-refractivity contribution in [1.29, 1.82) is 0 Å². The predicted octanol–water partition coefficient (Wildman–Crippen LogP) is 7.13. The minimum Gasteiger partial charge on any atom is -0.466 e. The largest absolute Gasteiger partial charge is 0.466 e. The van der Waals surface area contributed by atoms with Gasteiger partial charge in [-0.3, -0.25) is 9.59 Å². The zero-order valence-electron chi connectivity index (χ0n) is 18.8. The molecule has 0 aliphatic rings. The fourth-order valence-electron chi connectivity index (χ4n) is 3.48. The van der Waals surface area contributed by atoms with Crippen LogP contribution in [-0.4, -0.2) is 25.2 Å². The molecule has 166 valence electrons. The van der Waals surface area contributed by atoms with E-state index >= 15 is 0 Å². The van der Waals surface area contributed by atoms with Crippen LogP contribution < -0.4 is 0 Å². The molecule has 0 aliphatic carbocycles. The predicted molar refractivity (Wildman–Crippen MR) is 116 cm³/mol. The lowest BCUT2D eigenvalue weighted by molar-refractivity contribution is -0.144. The van der Waals surface area contributed by atoms with Gasteiger partial charge in [-0.05, 0) is 26.7 Å². The Bertz CT molecular complexity index is 321. The van der Waals surface area contributed by atoms with E-state index in [4.69, 9.17) is 9.47 Å². The molecule has 0 aromatic rings. The van der Waals surface area contributed by atoms with Gasteiger partial charge in [-0.2, -0.15) is 0 Å². The third kappa shape index (κ3) is 21.2. The topological polar surface area (TPSA) is 52.6 Å². The third-order valence-electron chi connectivity index (χ3n) is 5.12. The van der Waals surface area contributed by atoms with E-state index < -0.39 is 0 Å². The molecule has 0 aliphatic heterocycles. The second kappa shape index (κ2) is 22.2. The Balaban J connectivity index is 3.08. The number of hydrogen-bond acceptors (Lipinski definition) is 4. The third-order valence-corrected chi connectivity index (χ3v) is 5.12. The van der Waals surface area contributed by atoms with Gasteiger partial charge in [-0.15, -0.1) is 0 Å². The lowest BCUT2D eigenvalue weighted by Crippen LogP contribution is -2.03. The molecule has 0 aromatic carbocycles. The Labute approximate surface area is 174 Å². The molecule has 0 rings (SSSR count). The minimum absolute atomic E-state index is 0.0449. The van der Waals surface area contributed by atoms with E-state index in [1.165, 1.54) is 77.0 Å². The molecule has 0 aromatic heterocycles. The van der Waals surface area contributed by atoms with Crippen molar-refractivity contribution in [3.63, 3.8) is 0 Å². The van der Waals surface area contributed by atoms with Gasteiger partial charge in [0.1, 0.15) is 0 Å². The molecule has 4 heteroatoms. The van der Waals surface area contributed by atoms with E-state index in [1.54, 1.807) is 0 Å². The zero-order valence-corrected chi connectivity index (χ0v) is 18.8. The van der Waals surface area contributed by atoms with Crippen LogP contribution >= 0.6 is 0 Å². The van der Waals surface area contributed by atoms with Crippen LogP contribution in [0.3, 0.4) is 0 Å². The molecule has 0 saturated heterocycles. The second-order valence-corrected chi connectivity index (χ2v) is 7.77. The summed E-state index contributed by atoms with van der Waals surface area (Å²) in [6, 6.07) is 0. The standard InChI is InChI=1S/C24H46O4/c1-3-27-23(25)21-19-17-15-13-11-9-7-5-6-8-10-12-14-16-18-20-22-24(26)28-4-2/h3-22H2,1-2H3. The lowest BCUT2D eigenvalue weighted by atomic mass is 10.0. The Kier molecular flexibility index (Phi) is 21.4. The maximum atomic E-state index is 11.2. The Morgan fingerprint density at radius 2 is 0.643 bits per heavy atom. The maximum absolute atomic E-state index is 11.2. The summed E-state index contributed by atoms with van der Waals surface area (Å²) in [6.45, 7) is 4.71. The zero-order chi connectivity index (χ0) is 20.7. The highest BCUT2D eigenvalue weighted by molar-refractivity contribution is 5.69. The van der Waals surface area contributed by atoms with Gasteiger partial charge in [0.15, 0.2) is 0 Å². The van der Waals surface area contributed by atoms with E-state index in [0.717, 1.165) is 25.7 Å². The molecule has 0 radical (unpaired) electrons. The van der Waals surface area contributed by atoms with Crippen LogP contribution in [-0.2, 0) is 19.1 Å². The first-order valence-corrected chi connectivity index (χ1v) is 12.0. The number of rotatable bonds is 21. The number of hydrogen-bond donors (Lipinski definition) is 0. The highest BCUT2D eigenvalue weighted by atomic mass is 16.5. The molecule has 4 nitrogen and oxygen atoms in total. The van der Waals surface area contributed by atoms with Crippen molar-refractivity contribution in [3.05, 3.63) is 0 Å². The van der Waals surface area contributed by atoms with Gasteiger partial charge < -0.3 is 9.47 Å². The van der Waals surface area contributed by atoms with Gasteiger partial charge in [-0.25, -0.2) is 0 Å². The first-order valence-electron chi connectivity index (χ1n) is 12.0. The normalized spacial score (nSPS) is 10.8. The summed E-state index contributed by atoms with van der Waals surface area (Å²) in [7, 11) is 0. The number of carbonyl (C=O) groups excluding carboxylic acids is 2. The van der Waals surface area contributed by atoms with E-state index in [9.17, 15) is 9.59 Å². The molecule has 0 amide bonds. The fraction of sp³-hybridized carbons (Fsp3) is 0.917. The first kappa shape index (κ1) is 26.9. The Morgan fingerprint density at radius 1 is 0.429 bits per heavy atom. The van der Waals surface area contributed by atoms with Gasteiger partial charge in [0, 0.05) is 12.8 Å². The molecule has 0 N–H and O–H groups in total. The molecular weight excluding hydrogens is 352 g/mol. The van der Waals surface area contributed by atoms with Gasteiger partial charge in [0.2, 0.25) is 0 Å². The molecule has 0 spiro atoms. The lowest BCUT2D eigenvalue weighted by Gasteiger charge is -2.04. The summed E-state index contributed by atoms with van der Waals surface area (Å²) in [5.74, 6) is -0.0898. The van der Waals surface area contributed by atoms with Crippen LogP contribution in [0.25, 0.3) is 0 Å². The smallest absolute Gasteiger partial charge is 0.305 e. The van der Waals surface area contributed by atoms with Crippen molar-refractivity contribution in [1.82, 2.24) is 0 Å². The Hall–Kier alpha value is -1.06. The number of esters is 2. The van der Waals surface area contributed by atoms with Gasteiger partial charge >= 0.3 is 11.9 Å². The van der Waals surface area contributed by atoms with Crippen LogP contribution in [0.4, 0.5) is 0 Å². The Morgan fingerprint density at radius 3 is 0.857 bits per heavy atom. The van der Waals surface area contributed by atoms with Crippen LogP contribution in [0.15, 0.2) is 0 Å². The molecule has 28 heavy (non-hydrogen) atoms. The molecule has 0 atom stereocenters. The van der Waals surface area contributed by atoms with Crippen LogP contribution in [0.2, 0.25) is 0 Å². The highest BCUT2D eigenvalue weighted by Gasteiger charge is 2.01. The molecule has 0 fully saturated rings. The van der Waals surface area contributed by atoms with Gasteiger partial charge in [-0.1, -0.05) is 89.9 Å². The van der Waals surface area contributed by atoms with Crippen LogP contribution in [0.1, 0.15) is 129 Å². The second-order valence-electron chi connectivity index (χ2n) is 7.77. The summed E-state index contributed by atoms with van der Waals surface area (Å²) >= 11 is 0. The monoisotopic (exact) mass is 398 g/mol. The number of carbonyl (C=O) groups is 2. The van der Waals surface area contributed by atoms with Crippen molar-refractivity contribution >= 4 is 11.9 Å². The van der Waals surface area contributed by atoms with Gasteiger partial charge in [0.05, 0.1) is 13.2 Å². The van der Waals surface area contributed by atoms with Crippen LogP contribution in [0.5, 0.6) is 0 Å². The number of ether oxygens (including phenoxy) is 2. The molecule has 0 bridgehead atoms. The fourth-order valence-corrected chi connectivity index (χ4v) is 3.48. The summed E-state index contributed by atoms with van der Waals surface area (Å²) in [5, 5.41) is 0. The summed E-state index contributed by atoms with van der Waals surface area (Å²) in [5.41, 5.74) is 0. The quantitative estimate of drug-likeness (QED) is 0.152. The molecule has 0 unspecified atom stereocenters. The molecule has 0 saturated carbocycles. The van der Waals surface area contributed by atoms with Crippen molar-refractivity contribution in [2.75, 3.05) is 13.2 Å². The average Bonchev–Trinajstić information content (AvgIpc) is 2.67. The van der Waals surface area contributed by atoms with Crippen molar-refractivity contribution in [2.45, 2.75) is 129 Å². The highest BCUT2D eigenvalue weighted by Crippen LogP contribution is 2.14. The van der Waals surface area contributed by atoms with Crippen molar-refractivity contribution in [2.24, 2.45) is 0 Å². The molecular formula is C24H46O4. The average molecular weight is 399 g/mol. The van der Waals surface area contributed by atoms with Crippen LogP contribution in [0, 0.1) is 0 Å². The SMILES string of the molecule is CCOC(=O)CCCCCCCCCCCCCCCCCCC(=O)OCC. The van der Waals surface area contributed by atoms with E-state index in [1.807, 2.05) is 13.8 Å². The maximum Gasteiger partial charge on any atom is 0.305 e. The van der Waals surface area contributed by atoms with Crippen molar-refractivity contribution in [3.8, 4) is 0 Å². The van der Waals surface area contributed by atoms with E-state index in [0.29, 0.717) is 26.1 Å². The van der Waals surface area contributed by atoms with Gasteiger partial charge in [0.25, 0.3) is 0 Å². The van der Waals surface area contributed by atoms with E-state index in [2.05, 4.69) is 0 Å². The summed E-state index contributed by atoms with van der Waals surface area (Å²) in [6.07, 6.45) is 21.4. The molecule has 0 heterocycles. The number of unbranched alkanes of at least 4 members (excludes halogenated alkanes) is 15. The summed E-state index contributed by atoms with van der Waals surface area (Å²) < 4.78 is 9.86. The first-order chi connectivity index (χ1) is 13.7. The van der Waals surface area contributed by atoms with E-state index in [-0.39, 0.29) is 11.9 Å². The summed E-state index contributed by atoms with van der Waals surface area (Å²) in [4.78, 5) is 22.4. The minimum atomic E-state index is -0.0449. The van der Waals surface area contributed by atoms with Crippen molar-refractivity contribution < 1.29 is 19.1 Å².